The number of allylic oxidation sites excluding steroid dienone is 10. The molecule has 0 radical (unpaired) electrons. The molecule has 1 heterocycles. The van der Waals surface area contributed by atoms with E-state index < -0.39 is 43.2 Å². The van der Waals surface area contributed by atoms with E-state index in [1.54, 1.807) is 0 Å². The van der Waals surface area contributed by atoms with E-state index in [0.29, 0.717) is 12.8 Å². The Balaban J connectivity index is 2.06. The second-order valence-corrected chi connectivity index (χ2v) is 9.02. The van der Waals surface area contributed by atoms with E-state index in [-0.39, 0.29) is 18.9 Å². The van der Waals surface area contributed by atoms with E-state index in [1.807, 2.05) is 0 Å². The molecule has 5 atom stereocenters. The third kappa shape index (κ3) is 15.0. The van der Waals surface area contributed by atoms with Crippen molar-refractivity contribution in [2.24, 2.45) is 0 Å². The van der Waals surface area contributed by atoms with Gasteiger partial charge in [0, 0.05) is 19.4 Å². The van der Waals surface area contributed by atoms with Crippen LogP contribution in [0.1, 0.15) is 64.7 Å². The molecule has 0 spiro atoms. The van der Waals surface area contributed by atoms with Gasteiger partial charge in [0.2, 0.25) is 11.8 Å². The van der Waals surface area contributed by atoms with Crippen LogP contribution in [0.25, 0.3) is 0 Å². The number of nitrogens with one attached hydrogen (secondary N) is 2. The standard InChI is InChI=1S/C29H46N2O7/c1-2-3-4-5-6-7-8-9-10-11-12-13-14-15-16-17-18-19-24(33)30-21-20-25(34)31-26-28(36)27(35)23(22-32)38-29(26)37/h3-4,6-7,9-10,12-13,15-16,23,26-29,32,35-37H,2,5,8,11,14,17-22H2,1H3,(H,30,33)(H,31,34)/b4-3-,7-6-,10-9-,13-12-,16-15-. The van der Waals surface area contributed by atoms with E-state index >= 15 is 0 Å². The zero-order chi connectivity index (χ0) is 28.0. The number of rotatable bonds is 18. The molecule has 9 heteroatoms. The molecule has 1 aliphatic rings. The molecule has 2 amide bonds. The summed E-state index contributed by atoms with van der Waals surface area (Å²) >= 11 is 0. The first-order chi connectivity index (χ1) is 18.4. The Hall–Kier alpha value is -2.56. The second-order valence-electron chi connectivity index (χ2n) is 9.02. The first-order valence-corrected chi connectivity index (χ1v) is 13.5. The predicted octanol–water partition coefficient (Wildman–Crippen LogP) is 2.33. The summed E-state index contributed by atoms with van der Waals surface area (Å²) in [6, 6.07) is -1.24. The van der Waals surface area contributed by atoms with Gasteiger partial charge in [-0.3, -0.25) is 9.59 Å². The number of carbonyl (C=O) groups excluding carboxylic acids is 2. The van der Waals surface area contributed by atoms with Crippen LogP contribution in [-0.4, -0.2) is 76.0 Å². The summed E-state index contributed by atoms with van der Waals surface area (Å²) in [4.78, 5) is 24.0. The number of ether oxygens (including phenoxy) is 1. The minimum atomic E-state index is -1.57. The molecule has 0 bridgehead atoms. The fourth-order valence-electron chi connectivity index (χ4n) is 3.66. The number of aliphatic hydroxyl groups excluding tert-OH is 4. The van der Waals surface area contributed by atoms with Gasteiger partial charge in [0.1, 0.15) is 24.4 Å². The predicted molar refractivity (Wildman–Crippen MR) is 148 cm³/mol. The van der Waals surface area contributed by atoms with Crippen molar-refractivity contribution in [2.75, 3.05) is 13.2 Å². The summed E-state index contributed by atoms with van der Waals surface area (Å²) in [7, 11) is 0. The number of hydrogen-bond acceptors (Lipinski definition) is 7. The lowest BCUT2D eigenvalue weighted by Crippen LogP contribution is -2.64. The second kappa shape index (κ2) is 21.4. The Morgan fingerprint density at radius 1 is 0.763 bits per heavy atom. The Morgan fingerprint density at radius 3 is 1.87 bits per heavy atom. The highest BCUT2D eigenvalue weighted by Gasteiger charge is 2.44. The number of aliphatic hydroxyl groups is 4. The first-order valence-electron chi connectivity index (χ1n) is 13.5. The van der Waals surface area contributed by atoms with Crippen molar-refractivity contribution < 1.29 is 34.8 Å². The molecule has 0 aromatic rings. The van der Waals surface area contributed by atoms with E-state index in [9.17, 15) is 24.9 Å². The monoisotopic (exact) mass is 534 g/mol. The average Bonchev–Trinajstić information content (AvgIpc) is 2.90. The van der Waals surface area contributed by atoms with Crippen LogP contribution in [0.2, 0.25) is 0 Å². The van der Waals surface area contributed by atoms with Crippen LogP contribution < -0.4 is 10.6 Å². The lowest BCUT2D eigenvalue weighted by atomic mass is 9.97. The maximum Gasteiger partial charge on any atom is 0.222 e. The Bertz CT molecular complexity index is 807. The summed E-state index contributed by atoms with van der Waals surface area (Å²) < 4.78 is 4.99. The third-order valence-corrected chi connectivity index (χ3v) is 5.83. The zero-order valence-corrected chi connectivity index (χ0v) is 22.5. The largest absolute Gasteiger partial charge is 0.394 e. The smallest absolute Gasteiger partial charge is 0.222 e. The number of carbonyl (C=O) groups is 2. The number of amides is 2. The summed E-state index contributed by atoms with van der Waals surface area (Å²) in [5.41, 5.74) is 0. The van der Waals surface area contributed by atoms with E-state index in [0.717, 1.165) is 38.5 Å². The van der Waals surface area contributed by atoms with Gasteiger partial charge in [-0.1, -0.05) is 67.7 Å². The molecular formula is C29H46N2O7. The highest BCUT2D eigenvalue weighted by Crippen LogP contribution is 2.19. The molecule has 1 aliphatic heterocycles. The number of hydrogen-bond donors (Lipinski definition) is 6. The van der Waals surface area contributed by atoms with Crippen LogP contribution >= 0.6 is 0 Å². The van der Waals surface area contributed by atoms with Gasteiger partial charge in [-0.2, -0.15) is 0 Å². The summed E-state index contributed by atoms with van der Waals surface area (Å²) in [5.74, 6) is -0.683. The van der Waals surface area contributed by atoms with Crippen LogP contribution in [0, 0.1) is 0 Å². The molecule has 214 valence electrons. The SMILES string of the molecule is CC/C=C\C/C=C\C/C=C\C/C=C\C/C=C\CCCC(=O)NCCC(=O)NC1C(O)OC(CO)C(O)C1O. The van der Waals surface area contributed by atoms with E-state index in [2.05, 4.69) is 78.3 Å². The molecule has 1 rings (SSSR count). The summed E-state index contributed by atoms with van der Waals surface area (Å²) in [5, 5.41) is 43.9. The minimum absolute atomic E-state index is 0.0595. The Morgan fingerprint density at radius 2 is 1.32 bits per heavy atom. The van der Waals surface area contributed by atoms with Gasteiger partial charge in [-0.05, 0) is 44.9 Å². The van der Waals surface area contributed by atoms with Crippen molar-refractivity contribution in [3.8, 4) is 0 Å². The molecule has 5 unspecified atom stereocenters. The average molecular weight is 535 g/mol. The van der Waals surface area contributed by atoms with Gasteiger partial charge in [0.25, 0.3) is 0 Å². The summed E-state index contributed by atoms with van der Waals surface area (Å²) in [6.07, 6.45) is 22.3. The molecule has 6 N–H and O–H groups in total. The first kappa shape index (κ1) is 33.5. The lowest BCUT2D eigenvalue weighted by molar-refractivity contribution is -0.253. The Labute approximate surface area is 226 Å². The molecule has 0 aliphatic carbocycles. The molecule has 1 saturated heterocycles. The quantitative estimate of drug-likeness (QED) is 0.117. The molecule has 0 aromatic carbocycles. The van der Waals surface area contributed by atoms with Gasteiger partial charge < -0.3 is 35.8 Å². The van der Waals surface area contributed by atoms with Crippen LogP contribution in [0.5, 0.6) is 0 Å². The lowest BCUT2D eigenvalue weighted by Gasteiger charge is -2.40. The maximum atomic E-state index is 12.1. The summed E-state index contributed by atoms with van der Waals surface area (Å²) in [6.45, 7) is 1.66. The van der Waals surface area contributed by atoms with Crippen LogP contribution in [0.15, 0.2) is 60.8 Å². The van der Waals surface area contributed by atoms with Crippen molar-refractivity contribution in [2.45, 2.75) is 95.4 Å². The highest BCUT2D eigenvalue weighted by atomic mass is 16.6. The van der Waals surface area contributed by atoms with Crippen LogP contribution in [0.3, 0.4) is 0 Å². The maximum absolute atomic E-state index is 12.1. The molecular weight excluding hydrogens is 488 g/mol. The van der Waals surface area contributed by atoms with Crippen molar-refractivity contribution >= 4 is 11.8 Å². The van der Waals surface area contributed by atoms with Gasteiger partial charge >= 0.3 is 0 Å². The van der Waals surface area contributed by atoms with Gasteiger partial charge in [0.15, 0.2) is 6.29 Å². The molecule has 9 nitrogen and oxygen atoms in total. The molecule has 1 fully saturated rings. The molecule has 0 saturated carbocycles. The zero-order valence-electron chi connectivity index (χ0n) is 22.5. The fraction of sp³-hybridized carbons (Fsp3) is 0.586. The highest BCUT2D eigenvalue weighted by molar-refractivity contribution is 5.79. The van der Waals surface area contributed by atoms with Crippen molar-refractivity contribution in [3.63, 3.8) is 0 Å². The van der Waals surface area contributed by atoms with Crippen molar-refractivity contribution in [1.29, 1.82) is 0 Å². The van der Waals surface area contributed by atoms with Gasteiger partial charge in [-0.15, -0.1) is 0 Å². The molecule has 38 heavy (non-hydrogen) atoms. The number of unbranched alkanes of at least 4 members (excludes halogenated alkanes) is 1. The molecule has 0 aromatic heterocycles. The topological polar surface area (TPSA) is 148 Å². The van der Waals surface area contributed by atoms with E-state index in [4.69, 9.17) is 9.84 Å². The van der Waals surface area contributed by atoms with Crippen LogP contribution in [-0.2, 0) is 14.3 Å². The van der Waals surface area contributed by atoms with Gasteiger partial charge in [-0.25, -0.2) is 0 Å². The Kier molecular flexibility index (Phi) is 18.8. The van der Waals surface area contributed by atoms with Crippen molar-refractivity contribution in [3.05, 3.63) is 60.8 Å². The third-order valence-electron chi connectivity index (χ3n) is 5.83. The minimum Gasteiger partial charge on any atom is -0.394 e. The normalized spacial score (nSPS) is 24.4. The van der Waals surface area contributed by atoms with Gasteiger partial charge in [0.05, 0.1) is 6.61 Å². The van der Waals surface area contributed by atoms with E-state index in [1.165, 1.54) is 0 Å². The fourth-order valence-corrected chi connectivity index (χ4v) is 3.66. The van der Waals surface area contributed by atoms with Crippen LogP contribution in [0.4, 0.5) is 0 Å². The van der Waals surface area contributed by atoms with Crippen molar-refractivity contribution in [1.82, 2.24) is 10.6 Å².